The lowest BCUT2D eigenvalue weighted by Gasteiger charge is -2.10. The first kappa shape index (κ1) is 18.4. The van der Waals surface area contributed by atoms with Crippen LogP contribution in [0.1, 0.15) is 12.5 Å². The highest BCUT2D eigenvalue weighted by Crippen LogP contribution is 2.17. The number of carbonyl (C=O) groups is 1. The van der Waals surface area contributed by atoms with E-state index in [9.17, 15) is 4.79 Å². The zero-order chi connectivity index (χ0) is 17.9. The standard InChI is InChI=1S/C19H24N2O4/c1-3-24-17-8-10-18(11-9-17)25-14-21-19(22)20-13-12-15-4-6-16(23-2)7-5-15/h4-11H,3,12-14H2,1-2H3,(H2,20,21,22). The van der Waals surface area contributed by atoms with E-state index in [-0.39, 0.29) is 12.8 Å². The van der Waals surface area contributed by atoms with E-state index in [0.717, 1.165) is 23.5 Å². The number of nitrogens with one attached hydrogen (secondary N) is 2. The van der Waals surface area contributed by atoms with E-state index in [4.69, 9.17) is 14.2 Å². The van der Waals surface area contributed by atoms with Crippen LogP contribution in [0.2, 0.25) is 0 Å². The van der Waals surface area contributed by atoms with E-state index in [1.165, 1.54) is 0 Å². The Labute approximate surface area is 148 Å². The monoisotopic (exact) mass is 344 g/mol. The van der Waals surface area contributed by atoms with Crippen LogP contribution in [0.5, 0.6) is 17.2 Å². The van der Waals surface area contributed by atoms with E-state index in [1.54, 1.807) is 19.2 Å². The van der Waals surface area contributed by atoms with Gasteiger partial charge in [-0.05, 0) is 55.3 Å². The number of amides is 2. The molecule has 0 aromatic heterocycles. The highest BCUT2D eigenvalue weighted by Gasteiger charge is 2.01. The molecular weight excluding hydrogens is 320 g/mol. The SMILES string of the molecule is CCOc1ccc(OCNC(=O)NCCc2ccc(OC)cc2)cc1. The molecule has 0 saturated carbocycles. The molecule has 25 heavy (non-hydrogen) atoms. The maximum Gasteiger partial charge on any atom is 0.317 e. The van der Waals surface area contributed by atoms with Gasteiger partial charge in [0.1, 0.15) is 17.2 Å². The van der Waals surface area contributed by atoms with Gasteiger partial charge in [0.2, 0.25) is 0 Å². The molecule has 0 fully saturated rings. The molecule has 0 heterocycles. The lowest BCUT2D eigenvalue weighted by Crippen LogP contribution is -2.38. The average molecular weight is 344 g/mol. The summed E-state index contributed by atoms with van der Waals surface area (Å²) >= 11 is 0. The summed E-state index contributed by atoms with van der Waals surface area (Å²) in [5.41, 5.74) is 1.13. The number of rotatable bonds is 9. The first-order valence-electron chi connectivity index (χ1n) is 8.21. The average Bonchev–Trinajstić information content (AvgIpc) is 2.64. The first-order valence-corrected chi connectivity index (χ1v) is 8.21. The third-order valence-corrected chi connectivity index (χ3v) is 3.46. The van der Waals surface area contributed by atoms with Crippen LogP contribution in [-0.2, 0) is 6.42 Å². The minimum Gasteiger partial charge on any atom is -0.497 e. The summed E-state index contributed by atoms with van der Waals surface area (Å²) in [4.78, 5) is 11.7. The van der Waals surface area contributed by atoms with Crippen molar-refractivity contribution in [3.05, 3.63) is 54.1 Å². The molecule has 0 aliphatic carbocycles. The number of benzene rings is 2. The van der Waals surface area contributed by atoms with Gasteiger partial charge in [0.25, 0.3) is 0 Å². The molecule has 0 unspecified atom stereocenters. The van der Waals surface area contributed by atoms with Crippen molar-refractivity contribution < 1.29 is 19.0 Å². The maximum absolute atomic E-state index is 11.7. The van der Waals surface area contributed by atoms with E-state index in [2.05, 4.69) is 10.6 Å². The topological polar surface area (TPSA) is 68.8 Å². The van der Waals surface area contributed by atoms with Gasteiger partial charge in [0.15, 0.2) is 6.73 Å². The maximum atomic E-state index is 11.7. The number of methoxy groups -OCH3 is 1. The van der Waals surface area contributed by atoms with Crippen molar-refractivity contribution in [2.45, 2.75) is 13.3 Å². The van der Waals surface area contributed by atoms with Crippen LogP contribution in [0.4, 0.5) is 4.79 Å². The molecular formula is C19H24N2O4. The highest BCUT2D eigenvalue weighted by atomic mass is 16.5. The lowest BCUT2D eigenvalue weighted by atomic mass is 10.1. The first-order chi connectivity index (χ1) is 12.2. The summed E-state index contributed by atoms with van der Waals surface area (Å²) < 4.78 is 15.9. The number of carbonyl (C=O) groups excluding carboxylic acids is 1. The number of hydrogen-bond donors (Lipinski definition) is 2. The van der Waals surface area contributed by atoms with Crippen molar-refractivity contribution in [3.8, 4) is 17.2 Å². The molecule has 0 bridgehead atoms. The van der Waals surface area contributed by atoms with Gasteiger partial charge in [-0.3, -0.25) is 0 Å². The minimum atomic E-state index is -0.264. The largest absolute Gasteiger partial charge is 0.497 e. The van der Waals surface area contributed by atoms with Crippen molar-refractivity contribution in [2.24, 2.45) is 0 Å². The summed E-state index contributed by atoms with van der Waals surface area (Å²) in [5, 5.41) is 5.44. The van der Waals surface area contributed by atoms with Crippen molar-refractivity contribution in [3.63, 3.8) is 0 Å². The second-order valence-electron chi connectivity index (χ2n) is 5.22. The van der Waals surface area contributed by atoms with E-state index in [0.29, 0.717) is 18.9 Å². The lowest BCUT2D eigenvalue weighted by molar-refractivity contribution is 0.224. The normalized spacial score (nSPS) is 10.0. The number of ether oxygens (including phenoxy) is 3. The molecule has 0 atom stereocenters. The summed E-state index contributed by atoms with van der Waals surface area (Å²) in [7, 11) is 1.64. The molecule has 2 aromatic carbocycles. The van der Waals surface area contributed by atoms with Crippen LogP contribution < -0.4 is 24.8 Å². The van der Waals surface area contributed by atoms with Gasteiger partial charge in [-0.25, -0.2) is 4.79 Å². The van der Waals surface area contributed by atoms with Gasteiger partial charge in [0.05, 0.1) is 13.7 Å². The molecule has 2 aromatic rings. The quantitative estimate of drug-likeness (QED) is 0.686. The Morgan fingerprint density at radius 1 is 0.880 bits per heavy atom. The van der Waals surface area contributed by atoms with Gasteiger partial charge in [-0.2, -0.15) is 0 Å². The van der Waals surface area contributed by atoms with Gasteiger partial charge in [-0.15, -0.1) is 0 Å². The molecule has 2 N–H and O–H groups in total. The molecule has 0 spiro atoms. The Kier molecular flexibility index (Phi) is 7.43. The van der Waals surface area contributed by atoms with Crippen LogP contribution >= 0.6 is 0 Å². The molecule has 6 nitrogen and oxygen atoms in total. The summed E-state index contributed by atoms with van der Waals surface area (Å²) in [6.07, 6.45) is 0.747. The summed E-state index contributed by atoms with van der Waals surface area (Å²) in [6, 6.07) is 14.8. The predicted octanol–water partition coefficient (Wildman–Crippen LogP) is 2.97. The van der Waals surface area contributed by atoms with Crippen LogP contribution in [0.15, 0.2) is 48.5 Å². The van der Waals surface area contributed by atoms with Crippen LogP contribution in [0.3, 0.4) is 0 Å². The zero-order valence-corrected chi connectivity index (χ0v) is 14.6. The molecule has 2 amide bonds. The molecule has 134 valence electrons. The smallest absolute Gasteiger partial charge is 0.317 e. The van der Waals surface area contributed by atoms with Crippen LogP contribution in [0, 0.1) is 0 Å². The fraction of sp³-hybridized carbons (Fsp3) is 0.316. The number of hydrogen-bond acceptors (Lipinski definition) is 4. The Hall–Kier alpha value is -2.89. The molecule has 2 rings (SSSR count). The summed E-state index contributed by atoms with van der Waals surface area (Å²) in [6.45, 7) is 3.20. The Bertz CT molecular complexity index is 641. The van der Waals surface area contributed by atoms with Crippen molar-refractivity contribution in [2.75, 3.05) is 27.0 Å². The van der Waals surface area contributed by atoms with Crippen molar-refractivity contribution in [1.82, 2.24) is 10.6 Å². The summed E-state index contributed by atoms with van der Waals surface area (Å²) in [5.74, 6) is 2.28. The Balaban J connectivity index is 1.61. The Morgan fingerprint density at radius 3 is 2.08 bits per heavy atom. The van der Waals surface area contributed by atoms with Crippen molar-refractivity contribution in [1.29, 1.82) is 0 Å². The van der Waals surface area contributed by atoms with Crippen LogP contribution in [0.25, 0.3) is 0 Å². The molecule has 6 heteroatoms. The van der Waals surface area contributed by atoms with Crippen molar-refractivity contribution >= 4 is 6.03 Å². The van der Waals surface area contributed by atoms with E-state index >= 15 is 0 Å². The highest BCUT2D eigenvalue weighted by molar-refractivity contribution is 5.73. The fourth-order valence-corrected chi connectivity index (χ4v) is 2.16. The number of urea groups is 1. The molecule has 0 aliphatic heterocycles. The van der Waals surface area contributed by atoms with Gasteiger partial charge in [0, 0.05) is 6.54 Å². The van der Waals surface area contributed by atoms with Gasteiger partial charge in [-0.1, -0.05) is 12.1 Å². The molecule has 0 aliphatic rings. The fourth-order valence-electron chi connectivity index (χ4n) is 2.16. The zero-order valence-electron chi connectivity index (χ0n) is 14.6. The Morgan fingerprint density at radius 2 is 1.48 bits per heavy atom. The van der Waals surface area contributed by atoms with Crippen LogP contribution in [-0.4, -0.2) is 33.0 Å². The van der Waals surface area contributed by atoms with E-state index in [1.807, 2.05) is 43.3 Å². The van der Waals surface area contributed by atoms with Gasteiger partial charge >= 0.3 is 6.03 Å². The second kappa shape index (κ2) is 10.1. The predicted molar refractivity (Wildman–Crippen MR) is 96.3 cm³/mol. The second-order valence-corrected chi connectivity index (χ2v) is 5.22. The van der Waals surface area contributed by atoms with E-state index < -0.39 is 0 Å². The third kappa shape index (κ3) is 6.63. The third-order valence-electron chi connectivity index (χ3n) is 3.46. The van der Waals surface area contributed by atoms with Gasteiger partial charge < -0.3 is 24.8 Å². The molecule has 0 saturated heterocycles. The minimum absolute atomic E-state index is 0.0996. The molecule has 0 radical (unpaired) electrons.